The van der Waals surface area contributed by atoms with Gasteiger partial charge in [0.25, 0.3) is 0 Å². The minimum Gasteiger partial charge on any atom is -0.328 e. The fraction of sp³-hybridized carbons (Fsp3) is 0.476. The van der Waals surface area contributed by atoms with Crippen molar-refractivity contribution in [1.82, 2.24) is 24.5 Å². The molecule has 31 heavy (non-hydrogen) atoms. The number of aromatic nitrogens is 4. The Balaban J connectivity index is 1.30. The van der Waals surface area contributed by atoms with Crippen LogP contribution in [0.1, 0.15) is 38.5 Å². The van der Waals surface area contributed by atoms with Gasteiger partial charge in [-0.05, 0) is 68.7 Å². The number of hydrogen-bond donors (Lipinski definition) is 3. The topological polar surface area (TPSA) is 128 Å². The SMILES string of the molecule is N[C@H]1CC[C@H](Cn2ncc3cnc(Nc4ccc(S(=O)(=O)NC5CC5)cc4)nc32)CC1. The number of nitrogens with two attached hydrogens (primary N) is 1. The van der Waals surface area contributed by atoms with Crippen LogP contribution in [0.15, 0.2) is 41.6 Å². The van der Waals surface area contributed by atoms with Crippen LogP contribution in [0, 0.1) is 5.92 Å². The van der Waals surface area contributed by atoms with E-state index in [0.29, 0.717) is 17.9 Å². The minimum atomic E-state index is -3.46. The maximum atomic E-state index is 12.3. The number of rotatable bonds is 7. The lowest BCUT2D eigenvalue weighted by molar-refractivity contribution is 0.288. The Morgan fingerprint density at radius 3 is 2.48 bits per heavy atom. The molecule has 2 aliphatic carbocycles. The van der Waals surface area contributed by atoms with E-state index in [9.17, 15) is 8.42 Å². The van der Waals surface area contributed by atoms with Gasteiger partial charge < -0.3 is 11.1 Å². The van der Waals surface area contributed by atoms with Crippen molar-refractivity contribution in [2.45, 2.75) is 62.0 Å². The van der Waals surface area contributed by atoms with E-state index in [1.165, 1.54) is 0 Å². The van der Waals surface area contributed by atoms with Crippen LogP contribution < -0.4 is 15.8 Å². The molecular formula is C21H27N7O2S. The molecular weight excluding hydrogens is 414 g/mol. The number of hydrogen-bond acceptors (Lipinski definition) is 7. The molecule has 5 rings (SSSR count). The number of benzene rings is 1. The van der Waals surface area contributed by atoms with Crippen LogP contribution in [0.25, 0.3) is 11.0 Å². The summed E-state index contributed by atoms with van der Waals surface area (Å²) in [6.07, 6.45) is 9.71. The third kappa shape index (κ3) is 4.70. The number of fused-ring (bicyclic) bond motifs is 1. The molecule has 9 nitrogen and oxygen atoms in total. The zero-order valence-electron chi connectivity index (χ0n) is 17.2. The lowest BCUT2D eigenvalue weighted by Crippen LogP contribution is -2.28. The molecule has 0 aliphatic heterocycles. The van der Waals surface area contributed by atoms with Gasteiger partial charge in [0, 0.05) is 30.5 Å². The lowest BCUT2D eigenvalue weighted by atomic mass is 9.86. The van der Waals surface area contributed by atoms with Gasteiger partial charge in [-0.3, -0.25) is 0 Å². The Morgan fingerprint density at radius 2 is 1.77 bits per heavy atom. The van der Waals surface area contributed by atoms with E-state index < -0.39 is 10.0 Å². The van der Waals surface area contributed by atoms with Crippen LogP contribution >= 0.6 is 0 Å². The Kier molecular flexibility index (Phi) is 5.37. The average molecular weight is 442 g/mol. The summed E-state index contributed by atoms with van der Waals surface area (Å²) in [4.78, 5) is 9.28. The van der Waals surface area contributed by atoms with Gasteiger partial charge >= 0.3 is 0 Å². The van der Waals surface area contributed by atoms with Gasteiger partial charge in [0.15, 0.2) is 5.65 Å². The highest BCUT2D eigenvalue weighted by molar-refractivity contribution is 7.89. The van der Waals surface area contributed by atoms with Gasteiger partial charge in [-0.1, -0.05) is 0 Å². The summed E-state index contributed by atoms with van der Waals surface area (Å²) in [6.45, 7) is 0.827. The largest absolute Gasteiger partial charge is 0.328 e. The molecule has 2 heterocycles. The van der Waals surface area contributed by atoms with Gasteiger partial charge in [-0.15, -0.1) is 0 Å². The first-order valence-corrected chi connectivity index (χ1v) is 12.3. The molecule has 0 spiro atoms. The van der Waals surface area contributed by atoms with Crippen LogP contribution in [0.4, 0.5) is 11.6 Å². The first-order chi connectivity index (χ1) is 15.0. The monoisotopic (exact) mass is 441 g/mol. The number of nitrogens with zero attached hydrogens (tertiary/aromatic N) is 4. The summed E-state index contributed by atoms with van der Waals surface area (Å²) in [5, 5.41) is 8.56. The molecule has 3 aromatic rings. The number of sulfonamides is 1. The van der Waals surface area contributed by atoms with Crippen LogP contribution in [0.3, 0.4) is 0 Å². The summed E-state index contributed by atoms with van der Waals surface area (Å²) >= 11 is 0. The molecule has 0 atom stereocenters. The first kappa shape index (κ1) is 20.3. The summed E-state index contributed by atoms with van der Waals surface area (Å²) in [7, 11) is -3.46. The minimum absolute atomic E-state index is 0.0816. The smallest absolute Gasteiger partial charge is 0.240 e. The zero-order chi connectivity index (χ0) is 21.4. The molecule has 2 aromatic heterocycles. The average Bonchev–Trinajstić information content (AvgIpc) is 3.48. The number of anilines is 2. The summed E-state index contributed by atoms with van der Waals surface area (Å²) < 4.78 is 29.3. The molecule has 0 saturated heterocycles. The Morgan fingerprint density at radius 1 is 1.03 bits per heavy atom. The van der Waals surface area contributed by atoms with Crippen molar-refractivity contribution in [2.24, 2.45) is 11.7 Å². The van der Waals surface area contributed by atoms with E-state index in [-0.39, 0.29) is 10.9 Å². The van der Waals surface area contributed by atoms with Crippen molar-refractivity contribution in [1.29, 1.82) is 0 Å². The molecule has 2 fully saturated rings. The summed E-state index contributed by atoms with van der Waals surface area (Å²) in [5.74, 6) is 1.01. The molecule has 0 bridgehead atoms. The number of nitrogens with one attached hydrogen (secondary N) is 2. The van der Waals surface area contributed by atoms with Gasteiger partial charge in [0.2, 0.25) is 16.0 Å². The van der Waals surface area contributed by atoms with Crippen LogP contribution in [-0.2, 0) is 16.6 Å². The van der Waals surface area contributed by atoms with Gasteiger partial charge in [0.05, 0.1) is 16.5 Å². The second kappa shape index (κ2) is 8.18. The Labute approximate surface area is 181 Å². The van der Waals surface area contributed by atoms with E-state index in [0.717, 1.165) is 61.8 Å². The third-order valence-corrected chi connectivity index (χ3v) is 7.56. The molecule has 1 aromatic carbocycles. The van der Waals surface area contributed by atoms with E-state index >= 15 is 0 Å². The van der Waals surface area contributed by atoms with Gasteiger partial charge in [-0.2, -0.15) is 10.1 Å². The van der Waals surface area contributed by atoms with Crippen molar-refractivity contribution >= 4 is 32.7 Å². The van der Waals surface area contributed by atoms with Gasteiger partial charge in [0.1, 0.15) is 0 Å². The van der Waals surface area contributed by atoms with E-state index in [2.05, 4.69) is 25.1 Å². The van der Waals surface area contributed by atoms with Gasteiger partial charge in [-0.25, -0.2) is 22.8 Å². The highest BCUT2D eigenvalue weighted by atomic mass is 32.2. The third-order valence-electron chi connectivity index (χ3n) is 6.02. The normalized spacial score (nSPS) is 22.0. The van der Waals surface area contributed by atoms with E-state index in [4.69, 9.17) is 5.73 Å². The van der Waals surface area contributed by atoms with Crippen LogP contribution in [0.5, 0.6) is 0 Å². The maximum absolute atomic E-state index is 12.3. The van der Waals surface area contributed by atoms with Crippen molar-refractivity contribution in [2.75, 3.05) is 5.32 Å². The van der Waals surface area contributed by atoms with Crippen molar-refractivity contribution in [3.05, 3.63) is 36.7 Å². The molecule has 2 saturated carbocycles. The molecule has 0 unspecified atom stereocenters. The molecule has 0 amide bonds. The highest BCUT2D eigenvalue weighted by Crippen LogP contribution is 2.26. The van der Waals surface area contributed by atoms with Crippen LogP contribution in [-0.4, -0.2) is 40.2 Å². The fourth-order valence-electron chi connectivity index (χ4n) is 4.01. The van der Waals surface area contributed by atoms with Crippen molar-refractivity contribution < 1.29 is 8.42 Å². The molecule has 2 aliphatic rings. The van der Waals surface area contributed by atoms with E-state index in [1.807, 2.05) is 4.68 Å². The predicted molar refractivity (Wildman–Crippen MR) is 118 cm³/mol. The fourth-order valence-corrected chi connectivity index (χ4v) is 5.32. The zero-order valence-corrected chi connectivity index (χ0v) is 18.1. The quantitative estimate of drug-likeness (QED) is 0.514. The van der Waals surface area contributed by atoms with Crippen LogP contribution in [0.2, 0.25) is 0 Å². The van der Waals surface area contributed by atoms with E-state index in [1.54, 1.807) is 36.7 Å². The summed E-state index contributed by atoms with van der Waals surface area (Å²) in [5.41, 5.74) is 7.53. The second-order valence-electron chi connectivity index (χ2n) is 8.62. The van der Waals surface area contributed by atoms with Crippen molar-refractivity contribution in [3.8, 4) is 0 Å². The standard InChI is InChI=1S/C21H27N7O2S/c22-16-3-1-14(2-4-16)13-28-20-15(12-24-28)11-23-21(26-20)25-17-7-9-19(10-8-17)31(29,30)27-18-5-6-18/h7-12,14,16,18,27H,1-6,13,22H2,(H,23,25,26)/t14-,16-. The Bertz CT molecular complexity index is 1160. The molecule has 10 heteroatoms. The second-order valence-corrected chi connectivity index (χ2v) is 10.3. The van der Waals surface area contributed by atoms with Crippen molar-refractivity contribution in [3.63, 3.8) is 0 Å². The highest BCUT2D eigenvalue weighted by Gasteiger charge is 2.27. The maximum Gasteiger partial charge on any atom is 0.240 e. The lowest BCUT2D eigenvalue weighted by Gasteiger charge is -2.25. The molecule has 4 N–H and O–H groups in total. The summed E-state index contributed by atoms with van der Waals surface area (Å²) in [6, 6.07) is 7.02. The Hall–Kier alpha value is -2.56. The molecule has 164 valence electrons. The predicted octanol–water partition coefficient (Wildman–Crippen LogP) is 2.53. The molecule has 0 radical (unpaired) electrons. The first-order valence-electron chi connectivity index (χ1n) is 10.8.